The number of nitrogen functional groups attached to an aromatic ring is 1. The molecule has 0 bridgehead atoms. The standard InChI is InChI=1S/C12H20N2O4S/c13-12-4-1-3-11(9-12)10-19(16,17)14-5-2-7-18-8-6-15/h1,3-4,9,14-15H,2,5-8,10,13H2. The summed E-state index contributed by atoms with van der Waals surface area (Å²) in [5.74, 6) is -0.0878. The van der Waals surface area contributed by atoms with E-state index in [1.807, 2.05) is 0 Å². The van der Waals surface area contributed by atoms with Crippen molar-refractivity contribution in [1.82, 2.24) is 4.72 Å². The van der Waals surface area contributed by atoms with E-state index in [1.54, 1.807) is 24.3 Å². The lowest BCUT2D eigenvalue weighted by Crippen LogP contribution is -2.27. The van der Waals surface area contributed by atoms with Crippen LogP contribution in [0.3, 0.4) is 0 Å². The number of ether oxygens (including phenoxy) is 1. The smallest absolute Gasteiger partial charge is 0.215 e. The first-order valence-electron chi connectivity index (χ1n) is 6.04. The maximum absolute atomic E-state index is 11.8. The summed E-state index contributed by atoms with van der Waals surface area (Å²) in [6, 6.07) is 6.80. The summed E-state index contributed by atoms with van der Waals surface area (Å²) in [6.07, 6.45) is 0.566. The number of aliphatic hydroxyl groups is 1. The van der Waals surface area contributed by atoms with Gasteiger partial charge in [-0.3, -0.25) is 0 Å². The molecule has 0 saturated heterocycles. The SMILES string of the molecule is Nc1cccc(CS(=O)(=O)NCCCOCCO)c1. The van der Waals surface area contributed by atoms with Crippen LogP contribution in [0.15, 0.2) is 24.3 Å². The van der Waals surface area contributed by atoms with Crippen LogP contribution in [0.5, 0.6) is 0 Å². The molecule has 0 fully saturated rings. The van der Waals surface area contributed by atoms with Gasteiger partial charge in [0.2, 0.25) is 10.0 Å². The quantitative estimate of drug-likeness (QED) is 0.441. The summed E-state index contributed by atoms with van der Waals surface area (Å²) >= 11 is 0. The predicted molar refractivity (Wildman–Crippen MR) is 74.0 cm³/mol. The molecule has 1 aromatic rings. The van der Waals surface area contributed by atoms with Gasteiger partial charge in [0.1, 0.15) is 0 Å². The van der Waals surface area contributed by atoms with Gasteiger partial charge in [-0.05, 0) is 24.1 Å². The molecule has 1 aromatic carbocycles. The lowest BCUT2D eigenvalue weighted by molar-refractivity contribution is 0.0913. The predicted octanol–water partition coefficient (Wildman–Crippen LogP) is 0.0872. The second-order valence-electron chi connectivity index (χ2n) is 4.09. The zero-order chi connectivity index (χ0) is 14.1. The Hall–Kier alpha value is -1.15. The molecule has 0 atom stereocenters. The number of hydrogen-bond donors (Lipinski definition) is 3. The second kappa shape index (κ2) is 8.11. The molecule has 7 heteroatoms. The third-order valence-electron chi connectivity index (χ3n) is 2.33. The van der Waals surface area contributed by atoms with Crippen LogP contribution in [-0.2, 0) is 20.5 Å². The molecule has 0 radical (unpaired) electrons. The first kappa shape index (κ1) is 15.9. The van der Waals surface area contributed by atoms with Crippen molar-refractivity contribution >= 4 is 15.7 Å². The fraction of sp³-hybridized carbons (Fsp3) is 0.500. The molecule has 4 N–H and O–H groups in total. The van der Waals surface area contributed by atoms with E-state index in [-0.39, 0.29) is 19.0 Å². The molecule has 0 aromatic heterocycles. The topological polar surface area (TPSA) is 102 Å². The Morgan fingerprint density at radius 2 is 2.11 bits per heavy atom. The number of sulfonamides is 1. The highest BCUT2D eigenvalue weighted by molar-refractivity contribution is 7.88. The Kier molecular flexibility index (Phi) is 6.79. The van der Waals surface area contributed by atoms with Gasteiger partial charge in [0.25, 0.3) is 0 Å². The summed E-state index contributed by atoms with van der Waals surface area (Å²) in [6.45, 7) is 0.981. The van der Waals surface area contributed by atoms with E-state index in [4.69, 9.17) is 15.6 Å². The molecular formula is C12H20N2O4S. The summed E-state index contributed by atoms with van der Waals surface area (Å²) < 4.78 is 31.1. The van der Waals surface area contributed by atoms with E-state index in [2.05, 4.69) is 4.72 Å². The van der Waals surface area contributed by atoms with E-state index in [1.165, 1.54) is 0 Å². The van der Waals surface area contributed by atoms with E-state index in [0.717, 1.165) is 0 Å². The lowest BCUT2D eigenvalue weighted by atomic mass is 10.2. The average Bonchev–Trinajstić information content (AvgIpc) is 2.33. The van der Waals surface area contributed by atoms with Gasteiger partial charge in [0.05, 0.1) is 19.0 Å². The molecule has 0 aliphatic rings. The Morgan fingerprint density at radius 1 is 1.32 bits per heavy atom. The third kappa shape index (κ3) is 7.12. The van der Waals surface area contributed by atoms with E-state index in [9.17, 15) is 8.42 Å². The number of hydrogen-bond acceptors (Lipinski definition) is 5. The van der Waals surface area contributed by atoms with Crippen molar-refractivity contribution in [3.63, 3.8) is 0 Å². The number of aliphatic hydroxyl groups excluding tert-OH is 1. The van der Waals surface area contributed by atoms with Crippen molar-refractivity contribution < 1.29 is 18.3 Å². The van der Waals surface area contributed by atoms with Gasteiger partial charge in [-0.25, -0.2) is 13.1 Å². The number of nitrogens with one attached hydrogen (secondary N) is 1. The van der Waals surface area contributed by atoms with Gasteiger partial charge in [0, 0.05) is 18.8 Å². The van der Waals surface area contributed by atoms with Crippen LogP contribution >= 0.6 is 0 Å². The first-order chi connectivity index (χ1) is 9.03. The second-order valence-corrected chi connectivity index (χ2v) is 5.89. The minimum absolute atomic E-state index is 0.0266. The molecule has 0 spiro atoms. The maximum Gasteiger partial charge on any atom is 0.215 e. The van der Waals surface area contributed by atoms with E-state index in [0.29, 0.717) is 30.8 Å². The largest absolute Gasteiger partial charge is 0.399 e. The Balaban J connectivity index is 2.32. The molecule has 108 valence electrons. The van der Waals surface area contributed by atoms with Crippen molar-refractivity contribution in [1.29, 1.82) is 0 Å². The molecular weight excluding hydrogens is 268 g/mol. The zero-order valence-corrected chi connectivity index (χ0v) is 11.5. The van der Waals surface area contributed by atoms with Crippen LogP contribution in [0.2, 0.25) is 0 Å². The van der Waals surface area contributed by atoms with Gasteiger partial charge < -0.3 is 15.6 Å². The van der Waals surface area contributed by atoms with E-state index < -0.39 is 10.0 Å². The van der Waals surface area contributed by atoms with Gasteiger partial charge >= 0.3 is 0 Å². The number of nitrogens with two attached hydrogens (primary N) is 1. The molecule has 6 nitrogen and oxygen atoms in total. The third-order valence-corrected chi connectivity index (χ3v) is 3.69. The van der Waals surface area contributed by atoms with Crippen molar-refractivity contribution in [2.45, 2.75) is 12.2 Å². The van der Waals surface area contributed by atoms with Crippen LogP contribution in [0, 0.1) is 0 Å². The van der Waals surface area contributed by atoms with Crippen LogP contribution in [0.25, 0.3) is 0 Å². The maximum atomic E-state index is 11.8. The molecule has 0 saturated carbocycles. The van der Waals surface area contributed by atoms with Crippen molar-refractivity contribution in [3.8, 4) is 0 Å². The van der Waals surface area contributed by atoms with Crippen molar-refractivity contribution in [2.75, 3.05) is 32.1 Å². The molecule has 0 unspecified atom stereocenters. The lowest BCUT2D eigenvalue weighted by Gasteiger charge is -2.07. The monoisotopic (exact) mass is 288 g/mol. The van der Waals surface area contributed by atoms with Crippen LogP contribution in [0.1, 0.15) is 12.0 Å². The summed E-state index contributed by atoms with van der Waals surface area (Å²) in [5, 5.41) is 8.49. The average molecular weight is 288 g/mol. The van der Waals surface area contributed by atoms with Gasteiger partial charge in [0.15, 0.2) is 0 Å². The van der Waals surface area contributed by atoms with Crippen LogP contribution in [0.4, 0.5) is 5.69 Å². The Bertz CT molecular complexity index is 476. The Morgan fingerprint density at radius 3 is 2.79 bits per heavy atom. The number of rotatable bonds is 9. The van der Waals surface area contributed by atoms with Gasteiger partial charge in [-0.2, -0.15) is 0 Å². The minimum Gasteiger partial charge on any atom is -0.399 e. The fourth-order valence-electron chi connectivity index (χ4n) is 1.52. The number of anilines is 1. The summed E-state index contributed by atoms with van der Waals surface area (Å²) in [4.78, 5) is 0. The van der Waals surface area contributed by atoms with E-state index >= 15 is 0 Å². The van der Waals surface area contributed by atoms with Gasteiger partial charge in [-0.1, -0.05) is 12.1 Å². The molecule has 0 heterocycles. The highest BCUT2D eigenvalue weighted by Crippen LogP contribution is 2.09. The highest BCUT2D eigenvalue weighted by atomic mass is 32.2. The zero-order valence-electron chi connectivity index (χ0n) is 10.7. The highest BCUT2D eigenvalue weighted by Gasteiger charge is 2.10. The minimum atomic E-state index is -3.35. The van der Waals surface area contributed by atoms with Gasteiger partial charge in [-0.15, -0.1) is 0 Å². The normalized spacial score (nSPS) is 11.6. The van der Waals surface area contributed by atoms with Crippen molar-refractivity contribution in [2.24, 2.45) is 0 Å². The molecule has 19 heavy (non-hydrogen) atoms. The first-order valence-corrected chi connectivity index (χ1v) is 7.69. The number of benzene rings is 1. The molecule has 0 amide bonds. The van der Waals surface area contributed by atoms with Crippen LogP contribution in [-0.4, -0.2) is 39.9 Å². The van der Waals surface area contributed by atoms with Crippen molar-refractivity contribution in [3.05, 3.63) is 29.8 Å². The summed E-state index contributed by atoms with van der Waals surface area (Å²) in [7, 11) is -3.35. The molecule has 0 aliphatic carbocycles. The molecule has 0 aliphatic heterocycles. The molecule has 1 rings (SSSR count). The van der Waals surface area contributed by atoms with Crippen LogP contribution < -0.4 is 10.5 Å². The summed E-state index contributed by atoms with van der Waals surface area (Å²) in [5.41, 5.74) is 6.80. The fourth-order valence-corrected chi connectivity index (χ4v) is 2.70. The Labute approximate surface area is 113 Å².